The Bertz CT molecular complexity index is 473. The molecule has 1 aromatic heterocycles. The fourth-order valence-corrected chi connectivity index (χ4v) is 3.00. The summed E-state index contributed by atoms with van der Waals surface area (Å²) in [6, 6.07) is 0. The van der Waals surface area contributed by atoms with Crippen LogP contribution in [0.15, 0.2) is 0 Å². The first kappa shape index (κ1) is 12.6. The second-order valence-electron chi connectivity index (χ2n) is 6.24. The van der Waals surface area contributed by atoms with Crippen LogP contribution in [0.1, 0.15) is 57.2 Å². The molecular formula is C13H20N4O2. The van der Waals surface area contributed by atoms with Gasteiger partial charge in [0.05, 0.1) is 12.0 Å². The van der Waals surface area contributed by atoms with Gasteiger partial charge < -0.3 is 5.11 Å². The van der Waals surface area contributed by atoms with E-state index in [4.69, 9.17) is 0 Å². The Labute approximate surface area is 112 Å². The molecule has 19 heavy (non-hydrogen) atoms. The molecule has 2 aliphatic rings. The summed E-state index contributed by atoms with van der Waals surface area (Å²) in [5.41, 5.74) is -0.675. The predicted molar refractivity (Wildman–Crippen MR) is 67.5 cm³/mol. The number of hydrogen-bond donors (Lipinski definition) is 1. The lowest BCUT2D eigenvalue weighted by molar-refractivity contribution is -0.153. The molecule has 0 aromatic carbocycles. The van der Waals surface area contributed by atoms with Crippen LogP contribution in [-0.4, -0.2) is 31.3 Å². The average molecular weight is 264 g/mol. The lowest BCUT2D eigenvalue weighted by Crippen LogP contribution is -2.39. The molecule has 0 radical (unpaired) electrons. The normalized spacial score (nSPS) is 31.3. The van der Waals surface area contributed by atoms with Gasteiger partial charge in [-0.15, -0.1) is 5.10 Å². The molecule has 1 aromatic rings. The molecule has 0 aliphatic heterocycles. The van der Waals surface area contributed by atoms with Gasteiger partial charge in [0.2, 0.25) is 0 Å². The average Bonchev–Trinajstić information content (AvgIpc) is 3.13. The highest BCUT2D eigenvalue weighted by Crippen LogP contribution is 2.43. The molecule has 6 nitrogen and oxygen atoms in total. The minimum atomic E-state index is -0.698. The fourth-order valence-electron chi connectivity index (χ4n) is 3.00. The van der Waals surface area contributed by atoms with Crippen LogP contribution in [-0.2, 0) is 11.3 Å². The molecule has 0 bridgehead atoms. The molecule has 3 rings (SSSR count). The number of nitrogens with zero attached hydrogens (tertiary/aromatic N) is 4. The fraction of sp³-hybridized carbons (Fsp3) is 0.846. The molecule has 0 amide bonds. The van der Waals surface area contributed by atoms with Crippen LogP contribution in [0.25, 0.3) is 0 Å². The highest BCUT2D eigenvalue weighted by Gasteiger charge is 2.43. The zero-order valence-electron chi connectivity index (χ0n) is 11.2. The molecule has 104 valence electrons. The highest BCUT2D eigenvalue weighted by molar-refractivity contribution is 5.74. The topological polar surface area (TPSA) is 80.9 Å². The maximum Gasteiger partial charge on any atom is 0.311 e. The highest BCUT2D eigenvalue weighted by atomic mass is 16.4. The molecule has 2 saturated carbocycles. The van der Waals surface area contributed by atoms with E-state index < -0.39 is 11.4 Å². The lowest BCUT2D eigenvalue weighted by Gasteiger charge is -2.35. The lowest BCUT2D eigenvalue weighted by atomic mass is 9.71. The van der Waals surface area contributed by atoms with Crippen LogP contribution in [0, 0.1) is 11.3 Å². The van der Waals surface area contributed by atoms with E-state index in [9.17, 15) is 9.90 Å². The number of tetrazole rings is 1. The SMILES string of the molecule is CC1CCC(Cn2nnnc2C2CC2)(C(=O)O)CC1. The Kier molecular flexibility index (Phi) is 3.03. The molecule has 0 atom stereocenters. The maximum absolute atomic E-state index is 11.7. The van der Waals surface area contributed by atoms with Crippen molar-refractivity contribution in [3.05, 3.63) is 5.82 Å². The summed E-state index contributed by atoms with van der Waals surface area (Å²) in [4.78, 5) is 11.7. The molecule has 1 N–H and O–H groups in total. The van der Waals surface area contributed by atoms with Gasteiger partial charge in [-0.25, -0.2) is 4.68 Å². The predicted octanol–water partition coefficient (Wildman–Crippen LogP) is 1.83. The Morgan fingerprint density at radius 1 is 1.37 bits per heavy atom. The smallest absolute Gasteiger partial charge is 0.311 e. The van der Waals surface area contributed by atoms with E-state index in [2.05, 4.69) is 22.4 Å². The van der Waals surface area contributed by atoms with E-state index in [1.54, 1.807) is 4.68 Å². The molecule has 2 aliphatic carbocycles. The van der Waals surface area contributed by atoms with Crippen molar-refractivity contribution in [2.75, 3.05) is 0 Å². The zero-order chi connectivity index (χ0) is 13.5. The standard InChI is InChI=1S/C13H20N4O2/c1-9-4-6-13(7-5-9,12(18)19)8-17-11(10-2-3-10)14-15-16-17/h9-10H,2-8H2,1H3,(H,18,19). The van der Waals surface area contributed by atoms with Gasteiger partial charge in [0.1, 0.15) is 0 Å². The van der Waals surface area contributed by atoms with Crippen molar-refractivity contribution in [2.24, 2.45) is 11.3 Å². The number of carboxylic acid groups (broad SMARTS) is 1. The van der Waals surface area contributed by atoms with Gasteiger partial charge in [-0.3, -0.25) is 4.79 Å². The van der Waals surface area contributed by atoms with Crippen LogP contribution in [0.5, 0.6) is 0 Å². The van der Waals surface area contributed by atoms with Crippen molar-refractivity contribution in [1.82, 2.24) is 20.2 Å². The summed E-state index contributed by atoms with van der Waals surface area (Å²) < 4.78 is 1.74. The molecule has 0 saturated heterocycles. The van der Waals surface area contributed by atoms with E-state index in [0.717, 1.165) is 44.3 Å². The molecule has 1 heterocycles. The number of carboxylic acids is 1. The molecule has 6 heteroatoms. The monoisotopic (exact) mass is 264 g/mol. The molecular weight excluding hydrogens is 244 g/mol. The van der Waals surface area contributed by atoms with Crippen molar-refractivity contribution in [1.29, 1.82) is 0 Å². The van der Waals surface area contributed by atoms with Gasteiger partial charge in [-0.2, -0.15) is 0 Å². The van der Waals surface area contributed by atoms with E-state index >= 15 is 0 Å². The summed E-state index contributed by atoms with van der Waals surface area (Å²) in [5.74, 6) is 1.25. The molecule has 0 spiro atoms. The minimum Gasteiger partial charge on any atom is -0.481 e. The third kappa shape index (κ3) is 2.35. The van der Waals surface area contributed by atoms with Crippen molar-refractivity contribution in [3.63, 3.8) is 0 Å². The summed E-state index contributed by atoms with van der Waals surface area (Å²) in [6.45, 7) is 2.62. The molecule has 2 fully saturated rings. The number of rotatable bonds is 4. The van der Waals surface area contributed by atoms with Gasteiger partial charge in [0.25, 0.3) is 0 Å². The Morgan fingerprint density at radius 3 is 2.63 bits per heavy atom. The van der Waals surface area contributed by atoms with Gasteiger partial charge in [0.15, 0.2) is 5.82 Å². The van der Waals surface area contributed by atoms with Crippen molar-refractivity contribution >= 4 is 5.97 Å². The quantitative estimate of drug-likeness (QED) is 0.897. The summed E-state index contributed by atoms with van der Waals surface area (Å²) in [5, 5.41) is 21.4. The van der Waals surface area contributed by atoms with E-state index in [1.165, 1.54) is 0 Å². The second-order valence-corrected chi connectivity index (χ2v) is 6.24. The van der Waals surface area contributed by atoms with Gasteiger partial charge >= 0.3 is 5.97 Å². The first-order valence-electron chi connectivity index (χ1n) is 7.10. The first-order valence-corrected chi connectivity index (χ1v) is 7.10. The maximum atomic E-state index is 11.7. The number of carbonyl (C=O) groups is 1. The van der Waals surface area contributed by atoms with Gasteiger partial charge in [-0.05, 0) is 54.9 Å². The third-order valence-electron chi connectivity index (χ3n) is 4.64. The van der Waals surface area contributed by atoms with E-state index in [0.29, 0.717) is 18.4 Å². The number of hydrogen-bond acceptors (Lipinski definition) is 4. The summed E-state index contributed by atoms with van der Waals surface area (Å²) >= 11 is 0. The first-order chi connectivity index (χ1) is 9.11. The van der Waals surface area contributed by atoms with Crippen LogP contribution >= 0.6 is 0 Å². The number of aliphatic carboxylic acids is 1. The van der Waals surface area contributed by atoms with Crippen LogP contribution in [0.4, 0.5) is 0 Å². The minimum absolute atomic E-state index is 0.424. The zero-order valence-corrected chi connectivity index (χ0v) is 11.2. The molecule has 0 unspecified atom stereocenters. The van der Waals surface area contributed by atoms with Crippen LogP contribution < -0.4 is 0 Å². The van der Waals surface area contributed by atoms with Gasteiger partial charge in [0, 0.05) is 5.92 Å². The summed E-state index contributed by atoms with van der Waals surface area (Å²) in [7, 11) is 0. The van der Waals surface area contributed by atoms with Crippen molar-refractivity contribution in [3.8, 4) is 0 Å². The van der Waals surface area contributed by atoms with Crippen LogP contribution in [0.2, 0.25) is 0 Å². The largest absolute Gasteiger partial charge is 0.481 e. The van der Waals surface area contributed by atoms with E-state index in [1.807, 2.05) is 0 Å². The third-order valence-corrected chi connectivity index (χ3v) is 4.64. The van der Waals surface area contributed by atoms with Gasteiger partial charge in [-0.1, -0.05) is 6.92 Å². The summed E-state index contributed by atoms with van der Waals surface area (Å²) in [6.07, 6.45) is 5.66. The Hall–Kier alpha value is -1.46. The van der Waals surface area contributed by atoms with Crippen molar-refractivity contribution in [2.45, 2.75) is 57.9 Å². The van der Waals surface area contributed by atoms with Crippen molar-refractivity contribution < 1.29 is 9.90 Å². The van der Waals surface area contributed by atoms with E-state index in [-0.39, 0.29) is 0 Å². The second kappa shape index (κ2) is 4.58. The Morgan fingerprint density at radius 2 is 2.05 bits per heavy atom. The van der Waals surface area contributed by atoms with Crippen LogP contribution in [0.3, 0.4) is 0 Å². The number of aromatic nitrogens is 4. The Balaban J connectivity index is 1.81.